The number of pyridine rings is 1. The Hall–Kier alpha value is -1.61. The molecule has 0 bridgehead atoms. The van der Waals surface area contributed by atoms with E-state index in [9.17, 15) is 0 Å². The van der Waals surface area contributed by atoms with E-state index in [1.54, 1.807) is 0 Å². The third-order valence-electron chi connectivity index (χ3n) is 4.66. The van der Waals surface area contributed by atoms with Crippen LogP contribution in [0.25, 0.3) is 10.9 Å². The molecule has 0 aliphatic heterocycles. The van der Waals surface area contributed by atoms with Gasteiger partial charge in [0.1, 0.15) is 0 Å². The number of benzene rings is 1. The Morgan fingerprint density at radius 3 is 2.65 bits per heavy atom. The molecule has 106 valence electrons. The van der Waals surface area contributed by atoms with Gasteiger partial charge >= 0.3 is 0 Å². The molecule has 20 heavy (non-hydrogen) atoms. The van der Waals surface area contributed by atoms with Gasteiger partial charge in [-0.3, -0.25) is 4.98 Å². The quantitative estimate of drug-likeness (QED) is 0.916. The van der Waals surface area contributed by atoms with Crippen LogP contribution in [-0.4, -0.2) is 24.2 Å². The standard InChI is InChI=1S/C17H22N2O/c1-12-13(2)19-15-8-5-4-7-14(15)16(12)18-11-17(20-3)9-6-10-17/h4-5,7-8H,6,9-11H2,1-3H3,(H,18,19). The van der Waals surface area contributed by atoms with Crippen molar-refractivity contribution in [2.75, 3.05) is 19.0 Å². The van der Waals surface area contributed by atoms with Crippen LogP contribution in [0.5, 0.6) is 0 Å². The fourth-order valence-corrected chi connectivity index (χ4v) is 2.93. The van der Waals surface area contributed by atoms with Crippen molar-refractivity contribution >= 4 is 16.6 Å². The highest BCUT2D eigenvalue weighted by Crippen LogP contribution is 2.36. The van der Waals surface area contributed by atoms with Crippen LogP contribution in [0.2, 0.25) is 0 Å². The lowest BCUT2D eigenvalue weighted by molar-refractivity contribution is -0.0601. The number of nitrogens with one attached hydrogen (secondary N) is 1. The summed E-state index contributed by atoms with van der Waals surface area (Å²) in [7, 11) is 1.82. The molecule has 3 nitrogen and oxygen atoms in total. The zero-order valence-electron chi connectivity index (χ0n) is 12.5. The second-order valence-corrected chi connectivity index (χ2v) is 5.81. The minimum absolute atomic E-state index is 0.0325. The maximum absolute atomic E-state index is 5.70. The van der Waals surface area contributed by atoms with E-state index in [-0.39, 0.29) is 5.60 Å². The first-order chi connectivity index (χ1) is 9.65. The molecular weight excluding hydrogens is 248 g/mol. The third kappa shape index (κ3) is 2.16. The second kappa shape index (κ2) is 5.06. The molecule has 1 saturated carbocycles. The minimum atomic E-state index is 0.0325. The van der Waals surface area contributed by atoms with Crippen LogP contribution < -0.4 is 5.32 Å². The number of aryl methyl sites for hydroxylation is 1. The summed E-state index contributed by atoms with van der Waals surface area (Å²) in [6, 6.07) is 8.32. The zero-order chi connectivity index (χ0) is 14.2. The van der Waals surface area contributed by atoms with E-state index in [2.05, 4.69) is 42.3 Å². The predicted octanol–water partition coefficient (Wildman–Crippen LogP) is 3.83. The molecule has 3 heteroatoms. The van der Waals surface area contributed by atoms with E-state index < -0.39 is 0 Å². The van der Waals surface area contributed by atoms with Crippen molar-refractivity contribution in [2.24, 2.45) is 0 Å². The van der Waals surface area contributed by atoms with Crippen LogP contribution in [-0.2, 0) is 4.74 Å². The van der Waals surface area contributed by atoms with Crippen molar-refractivity contribution in [1.29, 1.82) is 0 Å². The second-order valence-electron chi connectivity index (χ2n) is 5.81. The van der Waals surface area contributed by atoms with E-state index in [0.29, 0.717) is 0 Å². The van der Waals surface area contributed by atoms with Crippen LogP contribution in [0, 0.1) is 13.8 Å². The molecule has 0 radical (unpaired) electrons. The van der Waals surface area contributed by atoms with Gasteiger partial charge in [0.25, 0.3) is 0 Å². The summed E-state index contributed by atoms with van der Waals surface area (Å²) in [5.41, 5.74) is 4.61. The van der Waals surface area contributed by atoms with Crippen molar-refractivity contribution in [3.63, 3.8) is 0 Å². The van der Waals surface area contributed by atoms with E-state index in [4.69, 9.17) is 4.74 Å². The van der Waals surface area contributed by atoms with Crippen LogP contribution in [0.1, 0.15) is 30.5 Å². The number of rotatable bonds is 4. The van der Waals surface area contributed by atoms with Crippen molar-refractivity contribution < 1.29 is 4.74 Å². The largest absolute Gasteiger partial charge is 0.381 e. The average Bonchev–Trinajstić information content (AvgIpc) is 2.42. The highest BCUT2D eigenvalue weighted by molar-refractivity contribution is 5.93. The average molecular weight is 270 g/mol. The van der Waals surface area contributed by atoms with Crippen molar-refractivity contribution in [1.82, 2.24) is 4.98 Å². The molecule has 0 amide bonds. The van der Waals surface area contributed by atoms with Gasteiger partial charge in [-0.2, -0.15) is 0 Å². The fourth-order valence-electron chi connectivity index (χ4n) is 2.93. The zero-order valence-corrected chi connectivity index (χ0v) is 12.5. The molecule has 0 atom stereocenters. The molecule has 1 heterocycles. The molecular formula is C17H22N2O. The van der Waals surface area contributed by atoms with Crippen molar-refractivity contribution in [3.8, 4) is 0 Å². The molecule has 1 N–H and O–H groups in total. The van der Waals surface area contributed by atoms with E-state index in [1.165, 1.54) is 23.1 Å². The number of ether oxygens (including phenoxy) is 1. The van der Waals surface area contributed by atoms with Gasteiger partial charge in [0.2, 0.25) is 0 Å². The van der Waals surface area contributed by atoms with Gasteiger partial charge in [0.05, 0.1) is 11.1 Å². The number of hydrogen-bond donors (Lipinski definition) is 1. The van der Waals surface area contributed by atoms with Crippen molar-refractivity contribution in [2.45, 2.75) is 38.7 Å². The molecule has 0 unspecified atom stereocenters. The number of fused-ring (bicyclic) bond motifs is 1. The predicted molar refractivity (Wildman–Crippen MR) is 83.3 cm³/mol. The maximum Gasteiger partial charge on any atom is 0.0850 e. The molecule has 1 aliphatic rings. The highest BCUT2D eigenvalue weighted by atomic mass is 16.5. The summed E-state index contributed by atoms with van der Waals surface area (Å²) in [5, 5.41) is 4.82. The first-order valence-corrected chi connectivity index (χ1v) is 7.30. The SMILES string of the molecule is COC1(CNc2c(C)c(C)nc3ccccc23)CCC1. The van der Waals surface area contributed by atoms with E-state index in [0.717, 1.165) is 30.6 Å². The third-order valence-corrected chi connectivity index (χ3v) is 4.66. The first kappa shape index (κ1) is 13.4. The minimum Gasteiger partial charge on any atom is -0.381 e. The number of aromatic nitrogens is 1. The Kier molecular flexibility index (Phi) is 3.38. The van der Waals surface area contributed by atoms with Crippen LogP contribution in [0.4, 0.5) is 5.69 Å². The first-order valence-electron chi connectivity index (χ1n) is 7.30. The lowest BCUT2D eigenvalue weighted by Crippen LogP contribution is -2.45. The van der Waals surface area contributed by atoms with E-state index in [1.807, 2.05) is 13.2 Å². The smallest absolute Gasteiger partial charge is 0.0850 e. The topological polar surface area (TPSA) is 34.1 Å². The van der Waals surface area contributed by atoms with Gasteiger partial charge in [-0.25, -0.2) is 0 Å². The van der Waals surface area contributed by atoms with Gasteiger partial charge in [-0.15, -0.1) is 0 Å². The number of anilines is 1. The van der Waals surface area contributed by atoms with Crippen molar-refractivity contribution in [3.05, 3.63) is 35.5 Å². The fraction of sp³-hybridized carbons (Fsp3) is 0.471. The number of methoxy groups -OCH3 is 1. The summed E-state index contributed by atoms with van der Waals surface area (Å²) < 4.78 is 5.70. The Morgan fingerprint density at radius 1 is 1.25 bits per heavy atom. The summed E-state index contributed by atoms with van der Waals surface area (Å²) in [6.45, 7) is 5.08. The van der Waals surface area contributed by atoms with Gasteiger partial charge in [0, 0.05) is 30.4 Å². The van der Waals surface area contributed by atoms with Gasteiger partial charge in [-0.1, -0.05) is 18.2 Å². The van der Waals surface area contributed by atoms with Gasteiger partial charge in [-0.05, 0) is 44.7 Å². The normalized spacial score (nSPS) is 16.9. The monoisotopic (exact) mass is 270 g/mol. The Labute approximate surface area is 120 Å². The molecule has 0 saturated heterocycles. The molecule has 1 aromatic heterocycles. The lowest BCUT2D eigenvalue weighted by Gasteiger charge is -2.41. The lowest BCUT2D eigenvalue weighted by atomic mass is 9.80. The summed E-state index contributed by atoms with van der Waals surface area (Å²) in [4.78, 5) is 4.66. The van der Waals surface area contributed by atoms with Gasteiger partial charge < -0.3 is 10.1 Å². The van der Waals surface area contributed by atoms with Crippen LogP contribution in [0.3, 0.4) is 0 Å². The Balaban J connectivity index is 1.95. The van der Waals surface area contributed by atoms with Crippen LogP contribution >= 0.6 is 0 Å². The summed E-state index contributed by atoms with van der Waals surface area (Å²) >= 11 is 0. The molecule has 1 aliphatic carbocycles. The molecule has 1 fully saturated rings. The van der Waals surface area contributed by atoms with Gasteiger partial charge in [0.15, 0.2) is 0 Å². The van der Waals surface area contributed by atoms with E-state index >= 15 is 0 Å². The number of nitrogens with zero attached hydrogens (tertiary/aromatic N) is 1. The summed E-state index contributed by atoms with van der Waals surface area (Å²) in [5.74, 6) is 0. The molecule has 0 spiro atoms. The molecule has 3 rings (SSSR count). The Morgan fingerprint density at radius 2 is 2.00 bits per heavy atom. The van der Waals surface area contributed by atoms with Crippen LogP contribution in [0.15, 0.2) is 24.3 Å². The number of para-hydroxylation sites is 1. The Bertz CT molecular complexity index is 627. The highest BCUT2D eigenvalue weighted by Gasteiger charge is 2.36. The molecule has 1 aromatic carbocycles. The number of hydrogen-bond acceptors (Lipinski definition) is 3. The summed E-state index contributed by atoms with van der Waals surface area (Å²) in [6.07, 6.45) is 3.57. The maximum atomic E-state index is 5.70. The molecule has 2 aromatic rings.